The first-order valence-corrected chi connectivity index (χ1v) is 8.45. The Bertz CT molecular complexity index is 867. The number of aromatic nitrogens is 4. The average molecular weight is 357 g/mol. The van der Waals surface area contributed by atoms with Crippen LogP contribution in [0.4, 0.5) is 10.1 Å². The van der Waals surface area contributed by atoms with Crippen LogP contribution >= 0.6 is 11.8 Å². The second-order valence-electron chi connectivity index (χ2n) is 5.36. The number of nitrogens with one attached hydrogen (secondary N) is 1. The molecule has 0 radical (unpaired) electrons. The Morgan fingerprint density at radius 2 is 2.00 bits per heavy atom. The first-order chi connectivity index (χ1) is 12.0. The van der Waals surface area contributed by atoms with E-state index in [2.05, 4.69) is 20.5 Å². The van der Waals surface area contributed by atoms with Crippen molar-refractivity contribution in [2.24, 2.45) is 7.05 Å². The van der Waals surface area contributed by atoms with Crippen molar-refractivity contribution in [3.05, 3.63) is 54.6 Å². The molecular formula is C17H16FN5OS. The van der Waals surface area contributed by atoms with Crippen LogP contribution in [0.1, 0.15) is 6.92 Å². The predicted octanol–water partition coefficient (Wildman–Crippen LogP) is 3.14. The monoisotopic (exact) mass is 357 g/mol. The van der Waals surface area contributed by atoms with Crippen molar-refractivity contribution >= 4 is 23.4 Å². The van der Waals surface area contributed by atoms with Crippen molar-refractivity contribution in [3.8, 4) is 11.4 Å². The molecule has 8 heteroatoms. The quantitative estimate of drug-likeness (QED) is 0.710. The van der Waals surface area contributed by atoms with Gasteiger partial charge in [0, 0.05) is 30.7 Å². The number of anilines is 1. The summed E-state index contributed by atoms with van der Waals surface area (Å²) in [6.45, 7) is 1.78. The molecule has 6 nitrogen and oxygen atoms in total. The van der Waals surface area contributed by atoms with Gasteiger partial charge in [0.05, 0.1) is 5.25 Å². The zero-order chi connectivity index (χ0) is 17.8. The summed E-state index contributed by atoms with van der Waals surface area (Å²) in [5.74, 6) is 0.145. The molecule has 0 aliphatic carbocycles. The molecule has 1 unspecified atom stereocenters. The van der Waals surface area contributed by atoms with Crippen LogP contribution in [0.15, 0.2) is 53.9 Å². The molecule has 25 heavy (non-hydrogen) atoms. The highest BCUT2D eigenvalue weighted by atomic mass is 32.2. The van der Waals surface area contributed by atoms with Crippen molar-refractivity contribution in [3.63, 3.8) is 0 Å². The molecule has 2 heterocycles. The topological polar surface area (TPSA) is 72.7 Å². The number of benzene rings is 1. The minimum atomic E-state index is -0.394. The maximum Gasteiger partial charge on any atom is 0.237 e. The molecule has 0 fully saturated rings. The van der Waals surface area contributed by atoms with Crippen LogP contribution in [0.25, 0.3) is 11.4 Å². The van der Waals surface area contributed by atoms with Gasteiger partial charge in [-0.3, -0.25) is 9.78 Å². The van der Waals surface area contributed by atoms with E-state index in [0.29, 0.717) is 16.7 Å². The molecule has 0 aliphatic heterocycles. The van der Waals surface area contributed by atoms with Gasteiger partial charge in [-0.25, -0.2) is 4.39 Å². The lowest BCUT2D eigenvalue weighted by Crippen LogP contribution is -2.22. The summed E-state index contributed by atoms with van der Waals surface area (Å²) in [6, 6.07) is 9.37. The molecule has 0 spiro atoms. The second-order valence-corrected chi connectivity index (χ2v) is 6.67. The number of thioether (sulfide) groups is 1. The standard InChI is InChI=1S/C17H16FN5OS/c1-11(16(24)20-14-7-5-13(18)6-8-14)25-17-22-21-15(23(17)2)12-4-3-9-19-10-12/h3-11H,1-2H3,(H,20,24). The summed E-state index contributed by atoms with van der Waals surface area (Å²) in [4.78, 5) is 16.4. The Hall–Kier alpha value is -2.74. The molecule has 1 amide bonds. The first-order valence-electron chi connectivity index (χ1n) is 7.57. The SMILES string of the molecule is CC(Sc1nnc(-c2cccnc2)n1C)C(=O)Nc1ccc(F)cc1. The maximum atomic E-state index is 12.9. The maximum absolute atomic E-state index is 12.9. The van der Waals surface area contributed by atoms with Crippen molar-refractivity contribution in [2.45, 2.75) is 17.3 Å². The van der Waals surface area contributed by atoms with Gasteiger partial charge in [-0.1, -0.05) is 11.8 Å². The third kappa shape index (κ3) is 4.03. The van der Waals surface area contributed by atoms with Crippen LogP contribution in [-0.2, 0) is 11.8 Å². The highest BCUT2D eigenvalue weighted by Crippen LogP contribution is 2.26. The van der Waals surface area contributed by atoms with Gasteiger partial charge in [0.1, 0.15) is 5.82 Å². The van der Waals surface area contributed by atoms with Gasteiger partial charge in [0.25, 0.3) is 0 Å². The summed E-state index contributed by atoms with van der Waals surface area (Å²) in [5.41, 5.74) is 1.40. The zero-order valence-electron chi connectivity index (χ0n) is 13.7. The van der Waals surface area contributed by atoms with Gasteiger partial charge in [-0.2, -0.15) is 0 Å². The molecule has 1 atom stereocenters. The number of nitrogens with zero attached hydrogens (tertiary/aromatic N) is 4. The van der Waals surface area contributed by atoms with E-state index in [1.165, 1.54) is 36.0 Å². The number of hydrogen-bond donors (Lipinski definition) is 1. The fourth-order valence-electron chi connectivity index (χ4n) is 2.15. The van der Waals surface area contributed by atoms with E-state index in [-0.39, 0.29) is 11.7 Å². The molecule has 128 valence electrons. The largest absolute Gasteiger partial charge is 0.325 e. The van der Waals surface area contributed by atoms with Crippen LogP contribution in [0, 0.1) is 5.82 Å². The first kappa shape index (κ1) is 17.1. The van der Waals surface area contributed by atoms with Gasteiger partial charge < -0.3 is 9.88 Å². The Kier molecular flexibility index (Phi) is 5.08. The van der Waals surface area contributed by atoms with E-state index in [0.717, 1.165) is 5.56 Å². The Morgan fingerprint density at radius 1 is 1.24 bits per heavy atom. The number of amides is 1. The van der Waals surface area contributed by atoms with Crippen molar-refractivity contribution in [1.82, 2.24) is 19.7 Å². The molecule has 2 aromatic heterocycles. The smallest absolute Gasteiger partial charge is 0.237 e. The lowest BCUT2D eigenvalue weighted by atomic mass is 10.3. The molecule has 1 aromatic carbocycles. The van der Waals surface area contributed by atoms with E-state index in [1.807, 2.05) is 23.7 Å². The van der Waals surface area contributed by atoms with E-state index < -0.39 is 5.25 Å². The van der Waals surface area contributed by atoms with Gasteiger partial charge in [-0.15, -0.1) is 10.2 Å². The summed E-state index contributed by atoms with van der Waals surface area (Å²) in [5, 5.41) is 11.3. The Labute approximate surface area is 148 Å². The molecule has 0 bridgehead atoms. The van der Waals surface area contributed by atoms with Crippen LogP contribution < -0.4 is 5.32 Å². The number of halogens is 1. The van der Waals surface area contributed by atoms with Crippen LogP contribution in [0.2, 0.25) is 0 Å². The number of hydrogen-bond acceptors (Lipinski definition) is 5. The highest BCUT2D eigenvalue weighted by Gasteiger charge is 2.19. The molecule has 0 saturated heterocycles. The van der Waals surface area contributed by atoms with Gasteiger partial charge in [0.2, 0.25) is 5.91 Å². The third-order valence-electron chi connectivity index (χ3n) is 3.52. The van der Waals surface area contributed by atoms with E-state index >= 15 is 0 Å². The molecular weight excluding hydrogens is 341 g/mol. The normalized spacial score (nSPS) is 12.0. The van der Waals surface area contributed by atoms with Gasteiger partial charge in [-0.05, 0) is 43.3 Å². The van der Waals surface area contributed by atoms with Crippen LogP contribution in [0.5, 0.6) is 0 Å². The lowest BCUT2D eigenvalue weighted by molar-refractivity contribution is -0.115. The number of carbonyl (C=O) groups excluding carboxylic acids is 1. The minimum absolute atomic E-state index is 0.192. The third-order valence-corrected chi connectivity index (χ3v) is 4.65. The van der Waals surface area contributed by atoms with E-state index in [4.69, 9.17) is 0 Å². The zero-order valence-corrected chi connectivity index (χ0v) is 14.5. The fraction of sp³-hybridized carbons (Fsp3) is 0.176. The number of pyridine rings is 1. The van der Waals surface area contributed by atoms with E-state index in [1.54, 1.807) is 19.3 Å². The van der Waals surface area contributed by atoms with Crippen molar-refractivity contribution in [2.75, 3.05) is 5.32 Å². The molecule has 3 aromatic rings. The summed E-state index contributed by atoms with van der Waals surface area (Å²) in [6.07, 6.45) is 3.40. The average Bonchev–Trinajstić information content (AvgIpc) is 2.98. The number of carbonyl (C=O) groups is 1. The molecule has 0 aliphatic rings. The van der Waals surface area contributed by atoms with Crippen LogP contribution in [-0.4, -0.2) is 30.9 Å². The van der Waals surface area contributed by atoms with Crippen molar-refractivity contribution < 1.29 is 9.18 Å². The van der Waals surface area contributed by atoms with E-state index in [9.17, 15) is 9.18 Å². The molecule has 3 rings (SSSR count). The molecule has 0 saturated carbocycles. The van der Waals surface area contributed by atoms with Gasteiger partial charge in [0.15, 0.2) is 11.0 Å². The highest BCUT2D eigenvalue weighted by molar-refractivity contribution is 8.00. The fourth-order valence-corrected chi connectivity index (χ4v) is 2.97. The Morgan fingerprint density at radius 3 is 2.68 bits per heavy atom. The summed E-state index contributed by atoms with van der Waals surface area (Å²) < 4.78 is 14.7. The van der Waals surface area contributed by atoms with Crippen molar-refractivity contribution in [1.29, 1.82) is 0 Å². The van der Waals surface area contributed by atoms with Gasteiger partial charge >= 0.3 is 0 Å². The summed E-state index contributed by atoms with van der Waals surface area (Å²) >= 11 is 1.30. The predicted molar refractivity (Wildman–Crippen MR) is 94.6 cm³/mol. The Balaban J connectivity index is 1.68. The summed E-state index contributed by atoms with van der Waals surface area (Å²) in [7, 11) is 1.84. The van der Waals surface area contributed by atoms with Crippen LogP contribution in [0.3, 0.4) is 0 Å². The minimum Gasteiger partial charge on any atom is -0.325 e. The molecule has 1 N–H and O–H groups in total. The second kappa shape index (κ2) is 7.43. The number of rotatable bonds is 5. The lowest BCUT2D eigenvalue weighted by Gasteiger charge is -2.11.